The highest BCUT2D eigenvalue weighted by molar-refractivity contribution is 8.15. The zero-order valence-electron chi connectivity index (χ0n) is 13.4. The van der Waals surface area contributed by atoms with Gasteiger partial charge in [0, 0.05) is 17.8 Å². The van der Waals surface area contributed by atoms with Gasteiger partial charge in [-0.05, 0) is 25.0 Å². The SMILES string of the molecule is C/C(=N/N=C1\NC(=O)[C@@H](CC(=O)Nc2ccccc2)S1)C(C)C. The van der Waals surface area contributed by atoms with Gasteiger partial charge in [-0.1, -0.05) is 43.8 Å². The van der Waals surface area contributed by atoms with Gasteiger partial charge in [-0.25, -0.2) is 0 Å². The normalized spacial score (nSPS) is 20.0. The lowest BCUT2D eigenvalue weighted by atomic mass is 10.1. The van der Waals surface area contributed by atoms with Crippen LogP contribution in [0.5, 0.6) is 0 Å². The Hall–Kier alpha value is -2.15. The van der Waals surface area contributed by atoms with E-state index in [1.807, 2.05) is 39.0 Å². The van der Waals surface area contributed by atoms with Crippen molar-refractivity contribution < 1.29 is 9.59 Å². The van der Waals surface area contributed by atoms with Crippen LogP contribution in [0, 0.1) is 5.92 Å². The highest BCUT2D eigenvalue weighted by atomic mass is 32.2. The summed E-state index contributed by atoms with van der Waals surface area (Å²) in [6, 6.07) is 9.16. The number of benzene rings is 1. The van der Waals surface area contributed by atoms with Crippen LogP contribution in [0.25, 0.3) is 0 Å². The minimum Gasteiger partial charge on any atom is -0.326 e. The number of carbonyl (C=O) groups excluding carboxylic acids is 2. The van der Waals surface area contributed by atoms with Crippen LogP contribution in [0.1, 0.15) is 27.2 Å². The van der Waals surface area contributed by atoms with E-state index in [0.29, 0.717) is 16.8 Å². The van der Waals surface area contributed by atoms with Gasteiger partial charge in [0.25, 0.3) is 0 Å². The lowest BCUT2D eigenvalue weighted by Gasteiger charge is -2.06. The second-order valence-electron chi connectivity index (χ2n) is 5.52. The maximum absolute atomic E-state index is 12.0. The van der Waals surface area contributed by atoms with Gasteiger partial charge in [-0.15, -0.1) is 5.10 Å². The van der Waals surface area contributed by atoms with Gasteiger partial charge in [0.05, 0.1) is 0 Å². The predicted octanol–water partition coefficient (Wildman–Crippen LogP) is 2.63. The average Bonchev–Trinajstić information content (AvgIpc) is 2.85. The van der Waals surface area contributed by atoms with Crippen molar-refractivity contribution in [3.8, 4) is 0 Å². The van der Waals surface area contributed by atoms with Crippen molar-refractivity contribution in [2.24, 2.45) is 16.1 Å². The highest BCUT2D eigenvalue weighted by Gasteiger charge is 2.32. The molecule has 0 radical (unpaired) electrons. The fraction of sp³-hybridized carbons (Fsp3) is 0.375. The molecule has 1 atom stereocenters. The third-order valence-corrected chi connectivity index (χ3v) is 4.41. The molecule has 0 saturated carbocycles. The first kappa shape index (κ1) is 17.2. The molecule has 7 heteroatoms. The van der Waals surface area contributed by atoms with Gasteiger partial charge in [0.1, 0.15) is 5.25 Å². The standard InChI is InChI=1S/C16H20N4O2S/c1-10(2)11(3)19-20-16-18-15(22)13(23-16)9-14(21)17-12-7-5-4-6-8-12/h4-8,10,13H,9H2,1-3H3,(H,17,21)(H,18,20,22)/b19-11-/t13-/m1/s1. The number of thioether (sulfide) groups is 1. The summed E-state index contributed by atoms with van der Waals surface area (Å²) in [5, 5.41) is 13.5. The largest absolute Gasteiger partial charge is 0.326 e. The van der Waals surface area contributed by atoms with E-state index in [2.05, 4.69) is 20.8 Å². The van der Waals surface area contributed by atoms with Crippen molar-refractivity contribution in [3.63, 3.8) is 0 Å². The van der Waals surface area contributed by atoms with E-state index >= 15 is 0 Å². The summed E-state index contributed by atoms with van der Waals surface area (Å²) in [5.41, 5.74) is 1.60. The number of hydrogen-bond acceptors (Lipinski definition) is 5. The number of hydrogen-bond donors (Lipinski definition) is 2. The Labute approximate surface area is 139 Å². The number of nitrogens with zero attached hydrogens (tertiary/aromatic N) is 2. The maximum Gasteiger partial charge on any atom is 0.240 e. The summed E-state index contributed by atoms with van der Waals surface area (Å²) >= 11 is 1.23. The van der Waals surface area contributed by atoms with Crippen LogP contribution in [-0.2, 0) is 9.59 Å². The molecule has 0 aliphatic carbocycles. The molecule has 1 aliphatic heterocycles. The van der Waals surface area contributed by atoms with Gasteiger partial charge in [0.15, 0.2) is 5.17 Å². The molecule has 6 nitrogen and oxygen atoms in total. The van der Waals surface area contributed by atoms with Crippen LogP contribution in [0.15, 0.2) is 40.5 Å². The number of amides is 2. The lowest BCUT2D eigenvalue weighted by Crippen LogP contribution is -2.28. The topological polar surface area (TPSA) is 82.9 Å². The number of rotatable bonds is 5. The van der Waals surface area contributed by atoms with Crippen LogP contribution in [0.2, 0.25) is 0 Å². The molecule has 2 amide bonds. The second-order valence-corrected chi connectivity index (χ2v) is 6.71. The summed E-state index contributed by atoms with van der Waals surface area (Å²) in [4.78, 5) is 23.9. The third-order valence-electron chi connectivity index (χ3n) is 3.34. The summed E-state index contributed by atoms with van der Waals surface area (Å²) in [5.74, 6) is -0.116. The summed E-state index contributed by atoms with van der Waals surface area (Å²) in [7, 11) is 0. The van der Waals surface area contributed by atoms with Crippen molar-refractivity contribution in [2.45, 2.75) is 32.4 Å². The molecule has 0 aromatic heterocycles. The molecule has 2 rings (SSSR count). The Morgan fingerprint density at radius 1 is 1.35 bits per heavy atom. The predicted molar refractivity (Wildman–Crippen MR) is 94.6 cm³/mol. The fourth-order valence-electron chi connectivity index (χ4n) is 1.73. The zero-order chi connectivity index (χ0) is 16.8. The molecule has 1 aliphatic rings. The van der Waals surface area contributed by atoms with Crippen LogP contribution in [0.4, 0.5) is 5.69 Å². The lowest BCUT2D eigenvalue weighted by molar-refractivity contribution is -0.122. The third kappa shape index (κ3) is 5.21. The fourth-order valence-corrected chi connectivity index (χ4v) is 2.65. The van der Waals surface area contributed by atoms with E-state index in [0.717, 1.165) is 5.71 Å². The smallest absolute Gasteiger partial charge is 0.240 e. The molecule has 23 heavy (non-hydrogen) atoms. The molecule has 0 unspecified atom stereocenters. The maximum atomic E-state index is 12.0. The molecule has 1 aromatic rings. The van der Waals surface area contributed by atoms with Crippen LogP contribution >= 0.6 is 11.8 Å². The first-order valence-corrected chi connectivity index (χ1v) is 8.28. The van der Waals surface area contributed by atoms with E-state index in [1.165, 1.54) is 11.8 Å². The van der Waals surface area contributed by atoms with Crippen molar-refractivity contribution in [1.29, 1.82) is 0 Å². The molecular formula is C16H20N4O2S. The average molecular weight is 332 g/mol. The minimum atomic E-state index is -0.480. The summed E-state index contributed by atoms with van der Waals surface area (Å²) < 4.78 is 0. The van der Waals surface area contributed by atoms with E-state index in [4.69, 9.17) is 0 Å². The molecule has 2 N–H and O–H groups in total. The molecule has 1 heterocycles. The Balaban J connectivity index is 1.92. The van der Waals surface area contributed by atoms with Crippen LogP contribution < -0.4 is 10.6 Å². The van der Waals surface area contributed by atoms with Gasteiger partial charge >= 0.3 is 0 Å². The zero-order valence-corrected chi connectivity index (χ0v) is 14.2. The Bertz CT molecular complexity index is 641. The van der Waals surface area contributed by atoms with Crippen molar-refractivity contribution in [2.75, 3.05) is 5.32 Å². The van der Waals surface area contributed by atoms with Crippen LogP contribution in [0.3, 0.4) is 0 Å². The van der Waals surface area contributed by atoms with E-state index in [-0.39, 0.29) is 18.2 Å². The molecule has 0 spiro atoms. The molecule has 1 aromatic carbocycles. The van der Waals surface area contributed by atoms with Gasteiger partial charge in [-0.3, -0.25) is 9.59 Å². The molecule has 1 saturated heterocycles. The Morgan fingerprint density at radius 3 is 2.70 bits per heavy atom. The number of nitrogens with one attached hydrogen (secondary N) is 2. The quantitative estimate of drug-likeness (QED) is 0.642. The van der Waals surface area contributed by atoms with E-state index in [1.54, 1.807) is 12.1 Å². The van der Waals surface area contributed by atoms with Crippen LogP contribution in [-0.4, -0.2) is 27.9 Å². The molecule has 0 bridgehead atoms. The van der Waals surface area contributed by atoms with Crippen molar-refractivity contribution in [1.82, 2.24) is 5.32 Å². The van der Waals surface area contributed by atoms with E-state index in [9.17, 15) is 9.59 Å². The van der Waals surface area contributed by atoms with Gasteiger partial charge < -0.3 is 10.6 Å². The summed E-state index contributed by atoms with van der Waals surface area (Å²) in [6.07, 6.45) is 0.0945. The minimum absolute atomic E-state index is 0.0945. The number of anilines is 1. The Morgan fingerprint density at radius 2 is 2.04 bits per heavy atom. The van der Waals surface area contributed by atoms with Crippen molar-refractivity contribution in [3.05, 3.63) is 30.3 Å². The highest BCUT2D eigenvalue weighted by Crippen LogP contribution is 2.23. The second kappa shape index (κ2) is 7.92. The first-order chi connectivity index (χ1) is 11.0. The van der Waals surface area contributed by atoms with Gasteiger partial charge in [0.2, 0.25) is 11.8 Å². The van der Waals surface area contributed by atoms with Crippen molar-refractivity contribution >= 4 is 40.1 Å². The summed E-state index contributed by atoms with van der Waals surface area (Å²) in [6.45, 7) is 5.94. The number of para-hydroxylation sites is 1. The molecule has 1 fully saturated rings. The van der Waals surface area contributed by atoms with Gasteiger partial charge in [-0.2, -0.15) is 5.10 Å². The molecule has 122 valence electrons. The Kier molecular flexibility index (Phi) is 5.92. The monoisotopic (exact) mass is 332 g/mol. The number of amidine groups is 1. The van der Waals surface area contributed by atoms with E-state index < -0.39 is 5.25 Å². The molecular weight excluding hydrogens is 312 g/mol. The number of carbonyl (C=O) groups is 2. The first-order valence-electron chi connectivity index (χ1n) is 7.40.